The molecule has 4 aliphatic heterocycles. The zero-order chi connectivity index (χ0) is 30.3. The molecule has 8 nitrogen and oxygen atoms in total. The van der Waals surface area contributed by atoms with Crippen molar-refractivity contribution in [2.75, 3.05) is 50.5 Å². The van der Waals surface area contributed by atoms with Crippen LogP contribution in [0.15, 0.2) is 12.1 Å². The maximum absolute atomic E-state index is 17.0. The smallest absolute Gasteiger partial charge is 0.319 e. The van der Waals surface area contributed by atoms with Crippen molar-refractivity contribution in [2.45, 2.75) is 56.0 Å². The van der Waals surface area contributed by atoms with E-state index in [4.69, 9.17) is 20.2 Å². The van der Waals surface area contributed by atoms with Crippen molar-refractivity contribution in [1.82, 2.24) is 20.2 Å². The number of thiophene rings is 1. The van der Waals surface area contributed by atoms with Gasteiger partial charge in [0.05, 0.1) is 26.4 Å². The van der Waals surface area contributed by atoms with E-state index in [2.05, 4.69) is 43.9 Å². The standard InChI is InChI=1S/C31H31F3IN6O2S.Ce/c1-40-19-12-37-8-2-4-20(19)43-27-23-26(24(34)22(25(27)35)16-5-6-18(33)28-17(16)10-21(36)44-28)38-30(39-29(23)40)42-14-31-7-3-9-41(31)13-15(32)11-31;/h5-6,15,19-20,37H,2-4,7-9,11-14,36H2,1H3;/q-1;/t15-,19?,20?,31+;/m1./s1. The molecule has 4 atom stereocenters. The predicted molar refractivity (Wildman–Crippen MR) is 173 cm³/mol. The van der Waals surface area contributed by atoms with E-state index in [0.29, 0.717) is 60.7 Å². The number of rotatable bonds is 4. The van der Waals surface area contributed by atoms with Crippen LogP contribution >= 0.6 is 33.9 Å². The summed E-state index contributed by atoms with van der Waals surface area (Å²) in [5, 5.41) is 4.69. The number of halogens is 4. The number of benzene rings is 2. The quantitative estimate of drug-likeness (QED) is 0.200. The fraction of sp³-hybridized carbons (Fsp3) is 0.484. The first-order valence-corrected chi connectivity index (χ1v) is 16.9. The minimum Gasteiger partial charge on any atom is -0.486 e. The number of nitrogen functional groups attached to an aromatic ring is 1. The molecule has 14 heteroatoms. The van der Waals surface area contributed by atoms with Crippen LogP contribution in [0, 0.1) is 63.0 Å². The molecule has 4 aliphatic rings. The minimum atomic E-state index is -0.899. The largest absolute Gasteiger partial charge is 0.486 e. The van der Waals surface area contributed by atoms with Crippen LogP contribution in [0.3, 0.4) is 0 Å². The molecule has 3 fully saturated rings. The molecule has 236 valence electrons. The summed E-state index contributed by atoms with van der Waals surface area (Å²) >= 11 is 3.20. The van der Waals surface area contributed by atoms with Gasteiger partial charge in [-0.1, -0.05) is 0 Å². The summed E-state index contributed by atoms with van der Waals surface area (Å²) in [7, 11) is 1.95. The van der Waals surface area contributed by atoms with Crippen LogP contribution in [0.1, 0.15) is 32.1 Å². The maximum Gasteiger partial charge on any atom is 0.319 e. The molecule has 0 spiro atoms. The van der Waals surface area contributed by atoms with E-state index >= 15 is 4.39 Å². The van der Waals surface area contributed by atoms with Crippen LogP contribution in [-0.2, 0) is 0 Å². The second kappa shape index (κ2) is 12.3. The van der Waals surface area contributed by atoms with Crippen molar-refractivity contribution >= 4 is 65.7 Å². The third-order valence-corrected chi connectivity index (χ3v) is 11.7. The Hall–Kier alpha value is -1.24. The summed E-state index contributed by atoms with van der Waals surface area (Å²) in [4.78, 5) is 13.7. The summed E-state index contributed by atoms with van der Waals surface area (Å²) < 4.78 is 60.2. The van der Waals surface area contributed by atoms with Gasteiger partial charge in [-0.05, 0) is 77.7 Å². The molecule has 8 rings (SSSR count). The third-order valence-electron chi connectivity index (χ3n) is 9.74. The number of hydrogen-bond acceptors (Lipinski definition) is 9. The van der Waals surface area contributed by atoms with Gasteiger partial charge in [0.15, 0.2) is 0 Å². The van der Waals surface area contributed by atoms with Crippen molar-refractivity contribution in [3.63, 3.8) is 0 Å². The number of nitrogens with one attached hydrogen (secondary N) is 1. The maximum atomic E-state index is 17.0. The molecule has 0 bridgehead atoms. The van der Waals surface area contributed by atoms with Gasteiger partial charge in [0.2, 0.25) is 0 Å². The van der Waals surface area contributed by atoms with Crippen molar-refractivity contribution in [2.24, 2.45) is 0 Å². The Morgan fingerprint density at radius 2 is 2.13 bits per heavy atom. The molecule has 0 radical (unpaired) electrons. The first-order valence-electron chi connectivity index (χ1n) is 15.0. The Morgan fingerprint density at radius 3 is 2.98 bits per heavy atom. The average Bonchev–Trinajstić information content (AvgIpc) is 3.58. The van der Waals surface area contributed by atoms with Crippen LogP contribution in [0.5, 0.6) is 11.8 Å². The van der Waals surface area contributed by atoms with Crippen LogP contribution in [0.2, 0.25) is 0 Å². The van der Waals surface area contributed by atoms with Gasteiger partial charge in [-0.25, -0.2) is 13.2 Å². The predicted octanol–water partition coefficient (Wildman–Crippen LogP) is 5.68. The van der Waals surface area contributed by atoms with Crippen molar-refractivity contribution in [1.29, 1.82) is 0 Å². The Balaban J connectivity index is 0.00000325. The molecule has 3 saturated heterocycles. The van der Waals surface area contributed by atoms with Crippen LogP contribution < -0.4 is 25.4 Å². The first kappa shape index (κ1) is 32.3. The summed E-state index contributed by atoms with van der Waals surface area (Å²) in [6.45, 7) is 2.99. The van der Waals surface area contributed by atoms with Crippen molar-refractivity contribution in [3.05, 3.63) is 33.4 Å². The molecule has 45 heavy (non-hydrogen) atoms. The molecule has 4 aromatic rings. The second-order valence-corrected chi connectivity index (χ2v) is 14.5. The number of hydrogen-bond donors (Lipinski definition) is 2. The number of alkyl halides is 1. The van der Waals surface area contributed by atoms with Gasteiger partial charge in [-0.2, -0.15) is 26.7 Å². The summed E-state index contributed by atoms with van der Waals surface area (Å²) in [5.41, 5.74) is 6.38. The van der Waals surface area contributed by atoms with E-state index in [1.807, 2.05) is 11.9 Å². The minimum absolute atomic E-state index is 0. The van der Waals surface area contributed by atoms with Crippen LogP contribution in [0.4, 0.5) is 24.0 Å². The number of fused-ring (bicyclic) bond motifs is 3. The Bertz CT molecular complexity index is 1820. The van der Waals surface area contributed by atoms with Crippen LogP contribution in [-0.4, -0.2) is 78.6 Å². The molecule has 0 aliphatic carbocycles. The molecule has 6 heterocycles. The Morgan fingerprint density at radius 1 is 1.29 bits per heavy atom. The number of likely N-dealkylation sites (N-methyl/N-ethyl adjacent to an activating group) is 1. The molecular formula is C31H31CeF3IN6O2S-. The molecule has 3 N–H and O–H groups in total. The van der Waals surface area contributed by atoms with Gasteiger partial charge in [0.25, 0.3) is 0 Å². The number of aromatic nitrogens is 2. The van der Waals surface area contributed by atoms with E-state index in [0.717, 1.165) is 50.1 Å². The molecule has 2 aromatic heterocycles. The zero-order valence-electron chi connectivity index (χ0n) is 24.6. The van der Waals surface area contributed by atoms with Gasteiger partial charge >= 0.3 is 6.01 Å². The Kier molecular flexibility index (Phi) is 8.85. The second-order valence-electron chi connectivity index (χ2n) is 12.3. The molecule has 0 saturated carbocycles. The monoisotopic (exact) mass is 875 g/mol. The number of nitrogens with two attached hydrogens (primary N) is 1. The normalized spacial score (nSPS) is 26.2. The van der Waals surface area contributed by atoms with Crippen molar-refractivity contribution in [3.8, 4) is 22.9 Å². The number of anilines is 2. The molecular weight excluding hydrogens is 844 g/mol. The van der Waals surface area contributed by atoms with Gasteiger partial charge < -0.3 is 25.4 Å². The van der Waals surface area contributed by atoms with Crippen LogP contribution in [0.25, 0.3) is 32.1 Å². The van der Waals surface area contributed by atoms with E-state index in [1.165, 1.54) is 6.07 Å². The SMILES string of the molecule is CN1c2nc(OC[C@@]34CCCN3C[C@H](F)C4)nc3c(F)c(-c4ccc(F)c5sc(N)[c-]c45)c(I)c(c23)OC2CCCNCC21.[Ce]. The Labute approximate surface area is 310 Å². The van der Waals surface area contributed by atoms with E-state index in [-0.39, 0.29) is 77.6 Å². The zero-order valence-corrected chi connectivity index (χ0v) is 30.7. The van der Waals surface area contributed by atoms with E-state index < -0.39 is 23.3 Å². The summed E-state index contributed by atoms with van der Waals surface area (Å²) in [5.74, 6) is -0.0103. The summed E-state index contributed by atoms with van der Waals surface area (Å²) in [6.07, 6.45) is 2.85. The average molecular weight is 876 g/mol. The topological polar surface area (TPSA) is 88.8 Å². The fourth-order valence-electron chi connectivity index (χ4n) is 7.63. The first-order chi connectivity index (χ1) is 21.2. The van der Waals surface area contributed by atoms with Gasteiger partial charge in [-0.3, -0.25) is 4.90 Å². The molecule has 2 aromatic carbocycles. The number of nitrogens with zero attached hydrogens (tertiary/aromatic N) is 4. The molecule has 0 amide bonds. The van der Waals surface area contributed by atoms with E-state index in [1.54, 1.807) is 6.07 Å². The summed E-state index contributed by atoms with van der Waals surface area (Å²) in [6, 6.07) is 5.87. The molecule has 2 unspecified atom stereocenters. The van der Waals surface area contributed by atoms with Gasteiger partial charge in [-0.15, -0.1) is 17.7 Å². The fourth-order valence-corrected chi connectivity index (χ4v) is 9.36. The third kappa shape index (κ3) is 5.30. The van der Waals surface area contributed by atoms with Gasteiger partial charge in [0.1, 0.15) is 41.8 Å². The van der Waals surface area contributed by atoms with Gasteiger partial charge in [0, 0.05) is 73.3 Å². The van der Waals surface area contributed by atoms with Crippen molar-refractivity contribution < 1.29 is 64.4 Å². The number of ether oxygens (including phenoxy) is 2. The van der Waals surface area contributed by atoms with E-state index in [9.17, 15) is 8.78 Å².